The standard InChI is InChI=1S/C10H13BrN2O2/c1-4-7-5-8(13(14)15)6-9(11)10(7)12(2)3/h5-6H,4H2,1-3H3. The van der Waals surface area contributed by atoms with Crippen LogP contribution < -0.4 is 4.90 Å². The topological polar surface area (TPSA) is 46.4 Å². The molecular weight excluding hydrogens is 260 g/mol. The van der Waals surface area contributed by atoms with Crippen molar-refractivity contribution in [3.63, 3.8) is 0 Å². The first kappa shape index (κ1) is 12.0. The third kappa shape index (κ3) is 2.47. The molecule has 0 bridgehead atoms. The molecule has 0 saturated carbocycles. The van der Waals surface area contributed by atoms with Gasteiger partial charge in [0.25, 0.3) is 5.69 Å². The summed E-state index contributed by atoms with van der Waals surface area (Å²) in [5.74, 6) is 0. The van der Waals surface area contributed by atoms with E-state index < -0.39 is 0 Å². The van der Waals surface area contributed by atoms with Gasteiger partial charge in [-0.2, -0.15) is 0 Å². The second-order valence-electron chi connectivity index (χ2n) is 3.44. The Hall–Kier alpha value is -1.10. The lowest BCUT2D eigenvalue weighted by Gasteiger charge is -2.18. The Morgan fingerprint density at radius 2 is 2.07 bits per heavy atom. The molecule has 0 saturated heterocycles. The number of non-ortho nitro benzene ring substituents is 1. The van der Waals surface area contributed by atoms with Gasteiger partial charge in [0.1, 0.15) is 0 Å². The Labute approximate surface area is 97.2 Å². The predicted molar refractivity (Wildman–Crippen MR) is 64.5 cm³/mol. The van der Waals surface area contributed by atoms with Gasteiger partial charge in [-0.3, -0.25) is 10.1 Å². The normalized spacial score (nSPS) is 10.1. The van der Waals surface area contributed by atoms with Crippen molar-refractivity contribution in [3.8, 4) is 0 Å². The summed E-state index contributed by atoms with van der Waals surface area (Å²) in [5.41, 5.74) is 2.11. The van der Waals surface area contributed by atoms with Gasteiger partial charge in [-0.15, -0.1) is 0 Å². The van der Waals surface area contributed by atoms with Crippen molar-refractivity contribution in [2.75, 3.05) is 19.0 Å². The zero-order valence-corrected chi connectivity index (χ0v) is 10.5. The Bertz CT molecular complexity index is 391. The number of rotatable bonds is 3. The number of nitrogens with zero attached hydrogens (tertiary/aromatic N) is 2. The van der Waals surface area contributed by atoms with Crippen molar-refractivity contribution in [2.45, 2.75) is 13.3 Å². The first-order valence-corrected chi connectivity index (χ1v) is 5.40. The van der Waals surface area contributed by atoms with E-state index in [2.05, 4.69) is 15.9 Å². The minimum atomic E-state index is -0.372. The van der Waals surface area contributed by atoms with Crippen LogP contribution in [0.25, 0.3) is 0 Å². The summed E-state index contributed by atoms with van der Waals surface area (Å²) in [7, 11) is 3.84. The zero-order valence-electron chi connectivity index (χ0n) is 8.95. The van der Waals surface area contributed by atoms with E-state index in [4.69, 9.17) is 0 Å². The summed E-state index contributed by atoms with van der Waals surface area (Å²) in [6, 6.07) is 3.16. The molecule has 82 valence electrons. The first-order valence-electron chi connectivity index (χ1n) is 4.61. The molecule has 15 heavy (non-hydrogen) atoms. The average molecular weight is 273 g/mol. The minimum Gasteiger partial charge on any atom is -0.377 e. The van der Waals surface area contributed by atoms with E-state index in [9.17, 15) is 10.1 Å². The van der Waals surface area contributed by atoms with E-state index in [1.807, 2.05) is 25.9 Å². The third-order valence-corrected chi connectivity index (χ3v) is 2.77. The molecule has 0 atom stereocenters. The minimum absolute atomic E-state index is 0.129. The summed E-state index contributed by atoms with van der Waals surface area (Å²) in [4.78, 5) is 12.3. The lowest BCUT2D eigenvalue weighted by atomic mass is 10.1. The van der Waals surface area contributed by atoms with Crippen molar-refractivity contribution >= 4 is 27.3 Å². The van der Waals surface area contributed by atoms with Gasteiger partial charge in [-0.05, 0) is 27.9 Å². The first-order chi connectivity index (χ1) is 6.97. The third-order valence-electron chi connectivity index (χ3n) is 2.17. The van der Waals surface area contributed by atoms with Gasteiger partial charge in [0.15, 0.2) is 0 Å². The molecule has 0 aliphatic rings. The van der Waals surface area contributed by atoms with Crippen molar-refractivity contribution in [2.24, 2.45) is 0 Å². The average Bonchev–Trinajstić information content (AvgIpc) is 2.15. The van der Waals surface area contributed by atoms with Crippen LogP contribution in [0.5, 0.6) is 0 Å². The SMILES string of the molecule is CCc1cc([N+](=O)[O-])cc(Br)c1N(C)C. The molecular formula is C10H13BrN2O2. The Morgan fingerprint density at radius 1 is 1.47 bits per heavy atom. The number of nitro groups is 1. The lowest BCUT2D eigenvalue weighted by molar-refractivity contribution is -0.385. The van der Waals surface area contributed by atoms with Crippen LogP contribution in [0.2, 0.25) is 0 Å². The van der Waals surface area contributed by atoms with Crippen LogP contribution in [-0.4, -0.2) is 19.0 Å². The molecule has 0 N–H and O–H groups in total. The Kier molecular flexibility index (Phi) is 3.68. The number of hydrogen-bond donors (Lipinski definition) is 0. The summed E-state index contributed by atoms with van der Waals surface area (Å²) in [6.45, 7) is 1.98. The van der Waals surface area contributed by atoms with Crippen molar-refractivity contribution in [3.05, 3.63) is 32.3 Å². The quantitative estimate of drug-likeness (QED) is 0.628. The summed E-state index contributed by atoms with van der Waals surface area (Å²) in [6.07, 6.45) is 0.772. The number of anilines is 1. The van der Waals surface area contributed by atoms with Crippen molar-refractivity contribution in [1.82, 2.24) is 0 Å². The van der Waals surface area contributed by atoms with Crippen LogP contribution in [-0.2, 0) is 6.42 Å². The monoisotopic (exact) mass is 272 g/mol. The predicted octanol–water partition coefficient (Wildman–Crippen LogP) is 2.99. The van der Waals surface area contributed by atoms with Crippen LogP contribution in [0.3, 0.4) is 0 Å². The molecule has 0 heterocycles. The van der Waals surface area contributed by atoms with E-state index in [0.29, 0.717) is 0 Å². The molecule has 5 heteroatoms. The van der Waals surface area contributed by atoms with Crippen LogP contribution in [0.4, 0.5) is 11.4 Å². The highest BCUT2D eigenvalue weighted by Crippen LogP contribution is 2.33. The van der Waals surface area contributed by atoms with Gasteiger partial charge in [0.2, 0.25) is 0 Å². The zero-order chi connectivity index (χ0) is 11.6. The second-order valence-corrected chi connectivity index (χ2v) is 4.29. The molecule has 0 radical (unpaired) electrons. The highest BCUT2D eigenvalue weighted by Gasteiger charge is 2.15. The number of halogens is 1. The van der Waals surface area contributed by atoms with Crippen molar-refractivity contribution in [1.29, 1.82) is 0 Å². The molecule has 0 aliphatic carbocycles. The fourth-order valence-electron chi connectivity index (χ4n) is 1.52. The van der Waals surface area contributed by atoms with Crippen LogP contribution >= 0.6 is 15.9 Å². The van der Waals surface area contributed by atoms with Gasteiger partial charge < -0.3 is 4.90 Å². The second kappa shape index (κ2) is 4.61. The molecule has 0 spiro atoms. The molecule has 0 fully saturated rings. The largest absolute Gasteiger partial charge is 0.377 e. The highest BCUT2D eigenvalue weighted by atomic mass is 79.9. The number of nitro benzene ring substituents is 1. The van der Waals surface area contributed by atoms with Crippen LogP contribution in [0, 0.1) is 10.1 Å². The van der Waals surface area contributed by atoms with Gasteiger partial charge in [0.05, 0.1) is 10.6 Å². The lowest BCUT2D eigenvalue weighted by Crippen LogP contribution is -2.12. The summed E-state index contributed by atoms with van der Waals surface area (Å²) in [5, 5.41) is 10.7. The van der Waals surface area contributed by atoms with Gasteiger partial charge in [0, 0.05) is 30.7 Å². The maximum Gasteiger partial charge on any atom is 0.270 e. The fourth-order valence-corrected chi connectivity index (χ4v) is 2.36. The maximum absolute atomic E-state index is 10.7. The number of benzene rings is 1. The van der Waals surface area contributed by atoms with Gasteiger partial charge in [-0.25, -0.2) is 0 Å². The number of hydrogen-bond acceptors (Lipinski definition) is 3. The molecule has 1 aromatic rings. The van der Waals surface area contributed by atoms with E-state index in [0.717, 1.165) is 22.1 Å². The van der Waals surface area contributed by atoms with E-state index >= 15 is 0 Å². The Morgan fingerprint density at radius 3 is 2.47 bits per heavy atom. The summed E-state index contributed by atoms with van der Waals surface area (Å²) < 4.78 is 0.763. The van der Waals surface area contributed by atoms with Crippen molar-refractivity contribution < 1.29 is 4.92 Å². The smallest absolute Gasteiger partial charge is 0.270 e. The Balaban J connectivity index is 3.37. The highest BCUT2D eigenvalue weighted by molar-refractivity contribution is 9.10. The van der Waals surface area contributed by atoms with Crippen LogP contribution in [0.15, 0.2) is 16.6 Å². The summed E-state index contributed by atoms with van der Waals surface area (Å²) >= 11 is 3.36. The van der Waals surface area contributed by atoms with Gasteiger partial charge in [-0.1, -0.05) is 6.92 Å². The maximum atomic E-state index is 10.7. The molecule has 0 unspecified atom stereocenters. The molecule has 0 aromatic heterocycles. The molecule has 4 nitrogen and oxygen atoms in total. The molecule has 0 amide bonds. The fraction of sp³-hybridized carbons (Fsp3) is 0.400. The molecule has 1 aromatic carbocycles. The van der Waals surface area contributed by atoms with Gasteiger partial charge >= 0.3 is 0 Å². The van der Waals surface area contributed by atoms with E-state index in [1.54, 1.807) is 6.07 Å². The molecule has 1 rings (SSSR count). The van der Waals surface area contributed by atoms with Crippen LogP contribution in [0.1, 0.15) is 12.5 Å². The van der Waals surface area contributed by atoms with E-state index in [-0.39, 0.29) is 10.6 Å². The van der Waals surface area contributed by atoms with E-state index in [1.165, 1.54) is 6.07 Å². The molecule has 0 aliphatic heterocycles. The number of aryl methyl sites for hydroxylation is 1.